The Morgan fingerprint density at radius 3 is 2.55 bits per heavy atom. The van der Waals surface area contributed by atoms with Gasteiger partial charge in [-0.1, -0.05) is 26.0 Å². The molecule has 152 valence electrons. The summed E-state index contributed by atoms with van der Waals surface area (Å²) in [5, 5.41) is 3.07. The SMILES string of the molecule is COC(=O)c1ccc(C[N+]2(C(=O)NCC(C)C)C=Cc3ccccc32)c(OC)c1. The molecule has 6 heteroatoms. The molecule has 1 aliphatic heterocycles. The van der Waals surface area contributed by atoms with Crippen molar-refractivity contribution >= 4 is 23.8 Å². The Bertz CT molecular complexity index is 952. The Kier molecular flexibility index (Phi) is 6.03. The summed E-state index contributed by atoms with van der Waals surface area (Å²) in [6, 6.07) is 12.9. The number of fused-ring (bicyclic) bond motifs is 1. The van der Waals surface area contributed by atoms with Gasteiger partial charge in [0, 0.05) is 29.8 Å². The van der Waals surface area contributed by atoms with Crippen LogP contribution in [0.5, 0.6) is 5.75 Å². The zero-order chi connectivity index (χ0) is 21.0. The Morgan fingerprint density at radius 2 is 1.86 bits per heavy atom. The number of para-hydroxylation sites is 1. The Hall–Kier alpha value is -3.12. The first-order chi connectivity index (χ1) is 13.9. The average Bonchev–Trinajstić information content (AvgIpc) is 3.11. The number of nitrogens with zero attached hydrogens (tertiary/aromatic N) is 1. The van der Waals surface area contributed by atoms with E-state index in [0.29, 0.717) is 30.3 Å². The molecule has 29 heavy (non-hydrogen) atoms. The average molecular weight is 395 g/mol. The number of methoxy groups -OCH3 is 2. The van der Waals surface area contributed by atoms with Gasteiger partial charge in [-0.3, -0.25) is 0 Å². The van der Waals surface area contributed by atoms with Crippen LogP contribution in [0.15, 0.2) is 48.7 Å². The molecule has 1 atom stereocenters. The van der Waals surface area contributed by atoms with Crippen LogP contribution in [-0.2, 0) is 11.3 Å². The van der Waals surface area contributed by atoms with Crippen molar-refractivity contribution in [2.24, 2.45) is 5.92 Å². The molecular formula is C23H27N2O4+. The van der Waals surface area contributed by atoms with Crippen LogP contribution < -0.4 is 14.5 Å². The van der Waals surface area contributed by atoms with Crippen LogP contribution in [0.25, 0.3) is 6.08 Å². The van der Waals surface area contributed by atoms with Crippen LogP contribution in [0.2, 0.25) is 0 Å². The number of rotatable bonds is 6. The van der Waals surface area contributed by atoms with Gasteiger partial charge in [-0.2, -0.15) is 4.48 Å². The molecule has 0 aliphatic carbocycles. The number of amides is 2. The van der Waals surface area contributed by atoms with E-state index in [1.165, 1.54) is 7.11 Å². The molecule has 1 unspecified atom stereocenters. The maximum atomic E-state index is 13.4. The van der Waals surface area contributed by atoms with Gasteiger partial charge in [0.1, 0.15) is 18.5 Å². The number of ether oxygens (including phenoxy) is 2. The molecule has 0 fully saturated rings. The molecule has 0 bridgehead atoms. The van der Waals surface area contributed by atoms with Crippen molar-refractivity contribution in [3.8, 4) is 5.75 Å². The van der Waals surface area contributed by atoms with Gasteiger partial charge in [0.05, 0.1) is 19.8 Å². The minimum absolute atomic E-state index is 0.0107. The molecule has 2 amide bonds. The lowest BCUT2D eigenvalue weighted by Crippen LogP contribution is -2.54. The predicted octanol–water partition coefficient (Wildman–Crippen LogP) is 4.34. The quantitative estimate of drug-likeness (QED) is 0.584. The van der Waals surface area contributed by atoms with Crippen molar-refractivity contribution in [1.82, 2.24) is 9.80 Å². The summed E-state index contributed by atoms with van der Waals surface area (Å²) in [5.41, 5.74) is 3.15. The van der Waals surface area contributed by atoms with Crippen molar-refractivity contribution in [3.05, 3.63) is 65.4 Å². The Balaban J connectivity index is 2.02. The van der Waals surface area contributed by atoms with Gasteiger partial charge in [-0.25, -0.2) is 9.59 Å². The van der Waals surface area contributed by atoms with Crippen molar-refractivity contribution in [2.75, 3.05) is 20.8 Å². The largest absolute Gasteiger partial charge is 0.496 e. The van der Waals surface area contributed by atoms with E-state index < -0.39 is 5.97 Å². The fourth-order valence-corrected chi connectivity index (χ4v) is 3.49. The van der Waals surface area contributed by atoms with Crippen molar-refractivity contribution < 1.29 is 19.1 Å². The second kappa shape index (κ2) is 8.49. The standard InChI is InChI=1S/C23H26N2O4/c1-16(2)14-24-23(27)25(12-11-17-7-5-6-8-20(17)25)15-19-10-9-18(22(26)29-4)13-21(19)28-3/h5-13,16H,14-15H2,1-4H3/p+1. The summed E-state index contributed by atoms with van der Waals surface area (Å²) in [6.45, 7) is 5.08. The molecule has 0 saturated heterocycles. The van der Waals surface area contributed by atoms with Gasteiger partial charge in [0.2, 0.25) is 0 Å². The van der Waals surface area contributed by atoms with Gasteiger partial charge in [0.15, 0.2) is 5.69 Å². The molecule has 0 radical (unpaired) electrons. The third-order valence-corrected chi connectivity index (χ3v) is 5.03. The summed E-state index contributed by atoms with van der Waals surface area (Å²) in [4.78, 5) is 25.2. The number of esters is 1. The molecule has 0 spiro atoms. The van der Waals surface area contributed by atoms with E-state index in [0.717, 1.165) is 16.8 Å². The maximum absolute atomic E-state index is 13.4. The lowest BCUT2D eigenvalue weighted by Gasteiger charge is -2.30. The fourth-order valence-electron chi connectivity index (χ4n) is 3.49. The van der Waals surface area contributed by atoms with E-state index in [1.54, 1.807) is 19.2 Å². The van der Waals surface area contributed by atoms with E-state index in [4.69, 9.17) is 9.47 Å². The minimum atomic E-state index is -0.431. The lowest BCUT2D eigenvalue weighted by atomic mass is 10.1. The number of nitrogens with one attached hydrogen (secondary N) is 1. The van der Waals surface area contributed by atoms with Crippen LogP contribution in [0.1, 0.15) is 35.3 Å². The van der Waals surface area contributed by atoms with Crippen LogP contribution in [-0.4, -0.2) is 32.8 Å². The molecular weight excluding hydrogens is 368 g/mol. The van der Waals surface area contributed by atoms with E-state index >= 15 is 0 Å². The molecule has 3 rings (SSSR count). The van der Waals surface area contributed by atoms with Gasteiger partial charge in [-0.15, -0.1) is 0 Å². The number of benzene rings is 2. The molecule has 2 aromatic rings. The van der Waals surface area contributed by atoms with E-state index in [2.05, 4.69) is 19.2 Å². The highest BCUT2D eigenvalue weighted by Gasteiger charge is 2.43. The summed E-state index contributed by atoms with van der Waals surface area (Å²) in [6.07, 6.45) is 3.88. The number of hydrogen-bond acceptors (Lipinski definition) is 4. The van der Waals surface area contributed by atoms with Gasteiger partial charge >= 0.3 is 12.0 Å². The highest BCUT2D eigenvalue weighted by Crippen LogP contribution is 2.39. The van der Waals surface area contributed by atoms with Crippen LogP contribution >= 0.6 is 0 Å². The molecule has 1 heterocycles. The van der Waals surface area contributed by atoms with Gasteiger partial charge < -0.3 is 14.8 Å². The van der Waals surface area contributed by atoms with Crippen LogP contribution in [0, 0.1) is 5.92 Å². The normalized spacial score (nSPS) is 17.1. The van der Waals surface area contributed by atoms with E-state index in [-0.39, 0.29) is 10.5 Å². The van der Waals surface area contributed by atoms with Crippen molar-refractivity contribution in [1.29, 1.82) is 0 Å². The third kappa shape index (κ3) is 4.03. The first-order valence-corrected chi connectivity index (χ1v) is 9.61. The van der Waals surface area contributed by atoms with Crippen LogP contribution in [0.4, 0.5) is 10.5 Å². The second-order valence-electron chi connectivity index (χ2n) is 7.50. The predicted molar refractivity (Wildman–Crippen MR) is 114 cm³/mol. The van der Waals surface area contributed by atoms with E-state index in [9.17, 15) is 9.59 Å². The summed E-state index contributed by atoms with van der Waals surface area (Å²) >= 11 is 0. The number of quaternary nitrogens is 1. The van der Waals surface area contributed by atoms with Crippen LogP contribution in [0.3, 0.4) is 0 Å². The highest BCUT2D eigenvalue weighted by atomic mass is 16.5. The smallest absolute Gasteiger partial charge is 0.426 e. The number of carbonyl (C=O) groups excluding carboxylic acids is 2. The monoisotopic (exact) mass is 395 g/mol. The third-order valence-electron chi connectivity index (χ3n) is 5.03. The zero-order valence-electron chi connectivity index (χ0n) is 17.3. The Labute approximate surface area is 171 Å². The highest BCUT2D eigenvalue weighted by molar-refractivity contribution is 5.95. The maximum Gasteiger partial charge on any atom is 0.426 e. The first-order valence-electron chi connectivity index (χ1n) is 9.61. The first kappa shape index (κ1) is 20.6. The zero-order valence-corrected chi connectivity index (χ0v) is 17.3. The number of hydrogen-bond donors (Lipinski definition) is 1. The fraction of sp³-hybridized carbons (Fsp3) is 0.304. The van der Waals surface area contributed by atoms with Crippen molar-refractivity contribution in [3.63, 3.8) is 0 Å². The topological polar surface area (TPSA) is 64.6 Å². The van der Waals surface area contributed by atoms with E-state index in [1.807, 2.05) is 42.6 Å². The van der Waals surface area contributed by atoms with Gasteiger partial charge in [-0.05, 0) is 30.2 Å². The molecule has 6 nitrogen and oxygen atoms in total. The molecule has 0 aromatic heterocycles. The Morgan fingerprint density at radius 1 is 1.10 bits per heavy atom. The second-order valence-corrected chi connectivity index (χ2v) is 7.50. The minimum Gasteiger partial charge on any atom is -0.496 e. The summed E-state index contributed by atoms with van der Waals surface area (Å²) in [5.74, 6) is 0.453. The number of urea groups is 1. The van der Waals surface area contributed by atoms with Gasteiger partial charge in [0.25, 0.3) is 0 Å². The summed E-state index contributed by atoms with van der Waals surface area (Å²) in [7, 11) is 2.89. The number of carbonyl (C=O) groups is 2. The lowest BCUT2D eigenvalue weighted by molar-refractivity contribution is 0.0600. The molecule has 0 saturated carbocycles. The van der Waals surface area contributed by atoms with Crippen molar-refractivity contribution in [2.45, 2.75) is 20.4 Å². The molecule has 1 N–H and O–H groups in total. The molecule has 2 aromatic carbocycles. The molecule has 1 aliphatic rings. The summed E-state index contributed by atoms with van der Waals surface area (Å²) < 4.78 is 10.3.